The molecule has 5 aliphatic rings. The van der Waals surface area contributed by atoms with Crippen LogP contribution < -0.4 is 5.73 Å². The number of aliphatic carboxylic acids is 1. The average Bonchev–Trinajstić information content (AvgIpc) is 3.22. The van der Waals surface area contributed by atoms with Gasteiger partial charge in [-0.1, -0.05) is 32.0 Å². The molecule has 0 bridgehead atoms. The quantitative estimate of drug-likeness (QED) is 0.343. The van der Waals surface area contributed by atoms with Gasteiger partial charge in [-0.25, -0.2) is 4.79 Å². The van der Waals surface area contributed by atoms with Crippen molar-refractivity contribution in [2.75, 3.05) is 0 Å². The smallest absolute Gasteiger partial charge is 0.338 e. The molecule has 1 saturated heterocycles. The van der Waals surface area contributed by atoms with Gasteiger partial charge in [0.1, 0.15) is 6.10 Å². The number of nitrogens with two attached hydrogens (primary N) is 1. The number of carboxylic acids is 1. The van der Waals surface area contributed by atoms with Crippen molar-refractivity contribution in [3.63, 3.8) is 0 Å². The van der Waals surface area contributed by atoms with E-state index >= 15 is 0 Å². The number of carbonyl (C=O) groups excluding carboxylic acids is 1. The van der Waals surface area contributed by atoms with Crippen LogP contribution in [0.2, 0.25) is 0 Å². The number of rotatable bonds is 5. The van der Waals surface area contributed by atoms with E-state index in [4.69, 9.17) is 19.9 Å². The van der Waals surface area contributed by atoms with Crippen LogP contribution in [0.1, 0.15) is 102 Å². The standard InChI is InChI=1S/C33H47NO6/c1-20-27(40-30(37)21-7-5-4-6-8-21)11-12-28(38-20)39-23-13-16-31(2)22(19-23)9-10-25-24(31)14-17-32(3)26(29(35)36)15-18-33(25,32)34/h4-8,20,22-28H,9-19,34H2,1-3H3,(H,35,36)/t20-,22+,23-,24-,25+,26+,27+,28+,31-,32+,33-/m0/s1. The molecule has 0 radical (unpaired) electrons. The van der Waals surface area contributed by atoms with E-state index in [0.29, 0.717) is 29.7 Å². The molecule has 7 nitrogen and oxygen atoms in total. The second-order valence-electron chi connectivity index (χ2n) is 14.1. The molecular weight excluding hydrogens is 506 g/mol. The Kier molecular flexibility index (Phi) is 7.32. The highest BCUT2D eigenvalue weighted by molar-refractivity contribution is 5.89. The minimum absolute atomic E-state index is 0.179. The fraction of sp³-hybridized carbons (Fsp3) is 0.758. The van der Waals surface area contributed by atoms with Gasteiger partial charge in [-0.05, 0) is 112 Å². The number of ether oxygens (including phenoxy) is 3. The topological polar surface area (TPSA) is 108 Å². The van der Waals surface area contributed by atoms with Crippen molar-refractivity contribution in [2.24, 2.45) is 40.2 Å². The van der Waals surface area contributed by atoms with Crippen LogP contribution in [0.4, 0.5) is 0 Å². The molecule has 5 fully saturated rings. The SMILES string of the molecule is C[C@@H]1O[C@H](O[C@H]2CC[C@@]3(C)[C@H](CC[C@@H]4[C@@H]3CC[C@]3(C)[C@@H](C(=O)O)CC[C@]43N)C2)CC[C@H]1OC(=O)c1ccccc1. The first-order valence-electron chi connectivity index (χ1n) is 15.6. The number of carbonyl (C=O) groups is 2. The summed E-state index contributed by atoms with van der Waals surface area (Å²) in [4.78, 5) is 24.6. The van der Waals surface area contributed by atoms with Crippen LogP contribution in [0, 0.1) is 34.5 Å². The van der Waals surface area contributed by atoms with Crippen LogP contribution in [0.5, 0.6) is 0 Å². The first-order valence-corrected chi connectivity index (χ1v) is 15.6. The van der Waals surface area contributed by atoms with Crippen LogP contribution in [0.25, 0.3) is 0 Å². The highest BCUT2D eigenvalue weighted by Crippen LogP contribution is 2.68. The van der Waals surface area contributed by atoms with Crippen LogP contribution in [-0.4, -0.2) is 47.2 Å². The Labute approximate surface area is 238 Å². The van der Waals surface area contributed by atoms with Gasteiger partial charge in [0.05, 0.1) is 23.7 Å². The molecule has 1 aliphatic heterocycles. The Morgan fingerprint density at radius 1 is 0.950 bits per heavy atom. The zero-order valence-electron chi connectivity index (χ0n) is 24.3. The van der Waals surface area contributed by atoms with E-state index < -0.39 is 5.97 Å². The van der Waals surface area contributed by atoms with E-state index in [9.17, 15) is 14.7 Å². The predicted molar refractivity (Wildman–Crippen MR) is 150 cm³/mol. The zero-order valence-corrected chi connectivity index (χ0v) is 24.3. The lowest BCUT2D eigenvalue weighted by Gasteiger charge is -2.64. The fourth-order valence-corrected chi connectivity index (χ4v) is 9.99. The van der Waals surface area contributed by atoms with Crippen LogP contribution in [0.3, 0.4) is 0 Å². The van der Waals surface area contributed by atoms with Gasteiger partial charge in [0.25, 0.3) is 0 Å². The second kappa shape index (κ2) is 10.4. The van der Waals surface area contributed by atoms with Gasteiger partial charge < -0.3 is 25.1 Å². The molecule has 1 aromatic carbocycles. The molecule has 4 saturated carbocycles. The number of esters is 1. The van der Waals surface area contributed by atoms with E-state index in [0.717, 1.165) is 64.2 Å². The van der Waals surface area contributed by atoms with E-state index in [2.05, 4.69) is 13.8 Å². The van der Waals surface area contributed by atoms with Crippen molar-refractivity contribution < 1.29 is 28.9 Å². The third kappa shape index (κ3) is 4.51. The Hall–Kier alpha value is -1.96. The Balaban J connectivity index is 1.05. The van der Waals surface area contributed by atoms with Gasteiger partial charge in [0.15, 0.2) is 6.29 Å². The maximum Gasteiger partial charge on any atom is 0.338 e. The molecule has 4 aliphatic carbocycles. The summed E-state index contributed by atoms with van der Waals surface area (Å²) in [7, 11) is 0. The summed E-state index contributed by atoms with van der Waals surface area (Å²) in [5.74, 6) is 0.285. The first-order chi connectivity index (χ1) is 19.0. The predicted octanol–water partition coefficient (Wildman–Crippen LogP) is 5.95. The minimum atomic E-state index is -0.661. The molecule has 40 heavy (non-hydrogen) atoms. The van der Waals surface area contributed by atoms with Crippen LogP contribution in [-0.2, 0) is 19.0 Å². The van der Waals surface area contributed by atoms with Gasteiger partial charge in [0.2, 0.25) is 0 Å². The van der Waals surface area contributed by atoms with E-state index in [1.165, 1.54) is 0 Å². The summed E-state index contributed by atoms with van der Waals surface area (Å²) < 4.78 is 18.6. The maximum absolute atomic E-state index is 12.5. The second-order valence-corrected chi connectivity index (χ2v) is 14.1. The molecule has 220 valence electrons. The summed E-state index contributed by atoms with van der Waals surface area (Å²) in [5, 5.41) is 9.94. The van der Waals surface area contributed by atoms with Gasteiger partial charge in [-0.2, -0.15) is 0 Å². The van der Waals surface area contributed by atoms with Crippen LogP contribution in [0.15, 0.2) is 30.3 Å². The molecule has 6 rings (SSSR count). The van der Waals surface area contributed by atoms with E-state index in [1.807, 2.05) is 25.1 Å². The highest BCUT2D eigenvalue weighted by Gasteiger charge is 2.67. The number of carboxylic acid groups (broad SMARTS) is 1. The molecule has 1 heterocycles. The minimum Gasteiger partial charge on any atom is -0.481 e. The largest absolute Gasteiger partial charge is 0.481 e. The molecule has 7 heteroatoms. The van der Waals surface area contributed by atoms with Crippen molar-refractivity contribution in [1.82, 2.24) is 0 Å². The van der Waals surface area contributed by atoms with Crippen molar-refractivity contribution in [1.29, 1.82) is 0 Å². The van der Waals surface area contributed by atoms with Gasteiger partial charge in [0, 0.05) is 12.0 Å². The summed E-state index contributed by atoms with van der Waals surface area (Å²) >= 11 is 0. The molecule has 11 atom stereocenters. The molecule has 0 aromatic heterocycles. The first kappa shape index (κ1) is 28.2. The fourth-order valence-electron chi connectivity index (χ4n) is 9.99. The van der Waals surface area contributed by atoms with Crippen molar-refractivity contribution >= 4 is 11.9 Å². The molecule has 3 N–H and O–H groups in total. The van der Waals surface area contributed by atoms with Gasteiger partial charge in [-0.3, -0.25) is 4.79 Å². The summed E-state index contributed by atoms with van der Waals surface area (Å²) in [6.07, 6.45) is 9.89. The number of hydrogen-bond donors (Lipinski definition) is 2. The van der Waals surface area contributed by atoms with Crippen molar-refractivity contribution in [3.8, 4) is 0 Å². The molecule has 0 spiro atoms. The molecule has 0 unspecified atom stereocenters. The Morgan fingerprint density at radius 2 is 1.73 bits per heavy atom. The van der Waals surface area contributed by atoms with E-state index in [-0.39, 0.29) is 52.9 Å². The van der Waals surface area contributed by atoms with Gasteiger partial charge in [-0.15, -0.1) is 0 Å². The lowest BCUT2D eigenvalue weighted by molar-refractivity contribution is -0.247. The highest BCUT2D eigenvalue weighted by atomic mass is 16.7. The van der Waals surface area contributed by atoms with E-state index in [1.54, 1.807) is 12.1 Å². The molecule has 0 amide bonds. The summed E-state index contributed by atoms with van der Waals surface area (Å²) in [6, 6.07) is 9.10. The Bertz CT molecular complexity index is 1110. The normalized spacial score (nSPS) is 46.5. The molecule has 1 aromatic rings. The van der Waals surface area contributed by atoms with Gasteiger partial charge >= 0.3 is 11.9 Å². The van der Waals surface area contributed by atoms with Crippen molar-refractivity contribution in [2.45, 2.75) is 122 Å². The molecular formula is C33H47NO6. The third-order valence-corrected chi connectivity index (χ3v) is 12.4. The van der Waals surface area contributed by atoms with Crippen LogP contribution >= 0.6 is 0 Å². The number of fused-ring (bicyclic) bond motifs is 5. The third-order valence-electron chi connectivity index (χ3n) is 12.4. The summed E-state index contributed by atoms with van der Waals surface area (Å²) in [5.41, 5.74) is 7.39. The number of hydrogen-bond acceptors (Lipinski definition) is 6. The average molecular weight is 554 g/mol. The monoisotopic (exact) mass is 553 g/mol. The zero-order chi connectivity index (χ0) is 28.3. The summed E-state index contributed by atoms with van der Waals surface area (Å²) in [6.45, 7) is 6.63. The lowest BCUT2D eigenvalue weighted by Crippen LogP contribution is -2.66. The maximum atomic E-state index is 12.5. The Morgan fingerprint density at radius 3 is 2.45 bits per heavy atom. The van der Waals surface area contributed by atoms with Crippen molar-refractivity contribution in [3.05, 3.63) is 35.9 Å². The number of benzene rings is 1. The lowest BCUT2D eigenvalue weighted by atomic mass is 9.42.